The van der Waals surface area contributed by atoms with Crippen molar-refractivity contribution in [3.63, 3.8) is 0 Å². The number of benzene rings is 2. The molecule has 2 bridgehead atoms. The molecule has 2 aromatic rings. The molecule has 60 heavy (non-hydrogen) atoms. The van der Waals surface area contributed by atoms with Crippen molar-refractivity contribution >= 4 is 30.5 Å². The molecule has 1 saturated heterocycles. The largest absolute Gasteiger partial charge is 0.461 e. The topological polar surface area (TPSA) is 131 Å². The molecular weight excluding hydrogens is 751 g/mol. The monoisotopic (exact) mass is 827 g/mol. The summed E-state index contributed by atoms with van der Waals surface area (Å²) in [6.45, 7) is 16.3. The highest BCUT2D eigenvalue weighted by Crippen LogP contribution is 2.66. The standard InChI is InChI=1S/C50H75BN2O7/c1-9-11-14-19-41(42(55)30-34(4)51-59-45-32-40-31-44(49(40,6)7)50(45,8)60-51)52-48(58)33(3)29-43(56)47(35(5)54)53-46(57)20-16-13-15-18-37-23-27-39(28-24-37)38-25-21-36(22-26-38)17-12-10-2/h21-28,33-35,40-41,44-45,47,54H,9-20,29-32H2,1-8H3,(H,52,58)(H,53,57)/t33-,34-,35-,40+,41+,44+,45?,47+,50+/m1/s1. The Hall–Kier alpha value is -3.34. The maximum Gasteiger partial charge on any atom is 0.461 e. The predicted molar refractivity (Wildman–Crippen MR) is 240 cm³/mol. The fourth-order valence-corrected chi connectivity index (χ4v) is 10.1. The predicted octanol–water partition coefficient (Wildman–Crippen LogP) is 9.40. The summed E-state index contributed by atoms with van der Waals surface area (Å²) < 4.78 is 13.1. The summed E-state index contributed by atoms with van der Waals surface area (Å²) in [5.74, 6) is -1.01. The van der Waals surface area contributed by atoms with Crippen molar-refractivity contribution in [2.75, 3.05) is 0 Å². The molecule has 6 rings (SSSR count). The molecule has 1 aliphatic heterocycles. The smallest absolute Gasteiger partial charge is 0.405 e. The molecule has 1 heterocycles. The molecule has 0 spiro atoms. The number of hydrogen-bond acceptors (Lipinski definition) is 7. The number of hydrogen-bond donors (Lipinski definition) is 3. The van der Waals surface area contributed by atoms with Crippen molar-refractivity contribution in [1.82, 2.24) is 10.6 Å². The molecule has 330 valence electrons. The highest BCUT2D eigenvalue weighted by molar-refractivity contribution is 6.47. The lowest BCUT2D eigenvalue weighted by Gasteiger charge is -2.64. The third kappa shape index (κ3) is 12.0. The Kier molecular flexibility index (Phi) is 17.2. The third-order valence-corrected chi connectivity index (χ3v) is 14.3. The van der Waals surface area contributed by atoms with E-state index in [9.17, 15) is 24.3 Å². The van der Waals surface area contributed by atoms with Gasteiger partial charge in [0.05, 0.1) is 23.9 Å². The quantitative estimate of drug-likeness (QED) is 0.0672. The van der Waals surface area contributed by atoms with Gasteiger partial charge in [-0.2, -0.15) is 0 Å². The fourth-order valence-electron chi connectivity index (χ4n) is 10.1. The summed E-state index contributed by atoms with van der Waals surface area (Å²) in [6, 6.07) is 15.7. The Morgan fingerprint density at radius 1 is 0.767 bits per heavy atom. The van der Waals surface area contributed by atoms with Crippen molar-refractivity contribution < 1.29 is 33.6 Å². The highest BCUT2D eigenvalue weighted by Gasteiger charge is 2.68. The Morgan fingerprint density at radius 2 is 1.38 bits per heavy atom. The average Bonchev–Trinajstić information content (AvgIpc) is 3.59. The molecule has 9 nitrogen and oxygen atoms in total. The Balaban J connectivity index is 1.03. The number of aliphatic hydroxyl groups is 1. The van der Waals surface area contributed by atoms with Gasteiger partial charge in [0.15, 0.2) is 11.6 Å². The van der Waals surface area contributed by atoms with Crippen LogP contribution in [0, 0.1) is 23.2 Å². The van der Waals surface area contributed by atoms with E-state index in [1.54, 1.807) is 6.92 Å². The summed E-state index contributed by atoms with van der Waals surface area (Å²) in [6.07, 6.45) is 11.5. The second-order valence-corrected chi connectivity index (χ2v) is 19.5. The van der Waals surface area contributed by atoms with Gasteiger partial charge in [-0.25, -0.2) is 0 Å². The van der Waals surface area contributed by atoms with Gasteiger partial charge < -0.3 is 25.0 Å². The van der Waals surface area contributed by atoms with E-state index in [2.05, 4.69) is 93.8 Å². The molecular formula is C50H75BN2O7. The van der Waals surface area contributed by atoms with E-state index in [1.165, 1.54) is 42.0 Å². The molecule has 1 unspecified atom stereocenters. The molecule has 2 aromatic carbocycles. The summed E-state index contributed by atoms with van der Waals surface area (Å²) in [4.78, 5) is 53.6. The van der Waals surface area contributed by atoms with Gasteiger partial charge in [-0.05, 0) is 111 Å². The lowest BCUT2D eigenvalue weighted by atomic mass is 9.43. The van der Waals surface area contributed by atoms with Gasteiger partial charge in [0, 0.05) is 25.2 Å². The number of nitrogens with one attached hydrogen (secondary N) is 2. The molecule has 10 heteroatoms. The Morgan fingerprint density at radius 3 is 1.97 bits per heavy atom. The van der Waals surface area contributed by atoms with Crippen LogP contribution >= 0.6 is 0 Å². The van der Waals surface area contributed by atoms with Crippen LogP contribution in [0.15, 0.2) is 48.5 Å². The van der Waals surface area contributed by atoms with Crippen LogP contribution in [0.1, 0.15) is 156 Å². The SMILES string of the molecule is CCCCC[C@H](NC(=O)[C@H](C)CC(=O)[C@@H](NC(=O)CCCCCc1ccc(-c2ccc(CCCC)cc2)cc1)[C@@H](C)O)C(=O)C[C@@H](C)B1OC2C[C@@H]3C[C@@H](C3(C)C)[C@]2(C)O1. The van der Waals surface area contributed by atoms with Crippen molar-refractivity contribution in [2.24, 2.45) is 23.2 Å². The Labute approximate surface area is 361 Å². The molecule has 9 atom stereocenters. The van der Waals surface area contributed by atoms with Crippen molar-refractivity contribution in [2.45, 2.75) is 194 Å². The summed E-state index contributed by atoms with van der Waals surface area (Å²) in [5, 5.41) is 16.2. The first-order valence-electron chi connectivity index (χ1n) is 23.4. The zero-order valence-corrected chi connectivity index (χ0v) is 38.0. The van der Waals surface area contributed by atoms with Crippen LogP contribution in [0.25, 0.3) is 11.1 Å². The molecule has 3 N–H and O–H groups in total. The number of carbonyl (C=O) groups excluding carboxylic acids is 4. The summed E-state index contributed by atoms with van der Waals surface area (Å²) in [5.41, 5.74) is 4.94. The first kappa shape index (κ1) is 47.7. The van der Waals surface area contributed by atoms with Crippen LogP contribution in [0.5, 0.6) is 0 Å². The minimum atomic E-state index is -1.12. The first-order valence-corrected chi connectivity index (χ1v) is 23.4. The number of rotatable bonds is 25. The number of carbonyl (C=O) groups is 4. The van der Waals surface area contributed by atoms with E-state index in [0.29, 0.717) is 24.7 Å². The van der Waals surface area contributed by atoms with E-state index in [1.807, 2.05) is 6.92 Å². The second kappa shape index (κ2) is 21.6. The molecule has 2 amide bonds. The first-order chi connectivity index (χ1) is 28.6. The Bertz CT molecular complexity index is 1730. The second-order valence-electron chi connectivity index (χ2n) is 19.5. The van der Waals surface area contributed by atoms with Crippen LogP contribution in [-0.2, 0) is 41.3 Å². The maximum atomic E-state index is 13.8. The zero-order chi connectivity index (χ0) is 43.6. The maximum absolute atomic E-state index is 13.8. The van der Waals surface area contributed by atoms with Crippen LogP contribution in [0.2, 0.25) is 5.82 Å². The van der Waals surface area contributed by atoms with Gasteiger partial charge in [-0.15, -0.1) is 0 Å². The summed E-state index contributed by atoms with van der Waals surface area (Å²) in [7, 11) is -0.470. The van der Waals surface area contributed by atoms with E-state index in [0.717, 1.165) is 57.8 Å². The summed E-state index contributed by atoms with van der Waals surface area (Å²) >= 11 is 0. The molecule has 0 aromatic heterocycles. The van der Waals surface area contributed by atoms with Gasteiger partial charge in [-0.3, -0.25) is 19.2 Å². The van der Waals surface area contributed by atoms with Crippen LogP contribution in [-0.4, -0.2) is 65.5 Å². The van der Waals surface area contributed by atoms with E-state index >= 15 is 0 Å². The van der Waals surface area contributed by atoms with Crippen molar-refractivity contribution in [3.8, 4) is 11.1 Å². The number of aliphatic hydroxyl groups excluding tert-OH is 1. The van der Waals surface area contributed by atoms with Crippen LogP contribution in [0.4, 0.5) is 0 Å². The molecule has 4 fully saturated rings. The minimum Gasteiger partial charge on any atom is -0.405 e. The molecule has 4 aliphatic rings. The average molecular weight is 827 g/mol. The van der Waals surface area contributed by atoms with Crippen molar-refractivity contribution in [3.05, 3.63) is 59.7 Å². The highest BCUT2D eigenvalue weighted by atomic mass is 16.7. The third-order valence-electron chi connectivity index (χ3n) is 14.3. The van der Waals surface area contributed by atoms with Crippen LogP contribution < -0.4 is 10.6 Å². The van der Waals surface area contributed by atoms with Gasteiger partial charge in [0.2, 0.25) is 11.8 Å². The number of aryl methyl sites for hydroxylation is 2. The lowest BCUT2D eigenvalue weighted by molar-refractivity contribution is -0.199. The fraction of sp³-hybridized carbons (Fsp3) is 0.680. The normalized spacial score (nSPS) is 24.0. The zero-order valence-electron chi connectivity index (χ0n) is 38.0. The molecule has 3 aliphatic carbocycles. The van der Waals surface area contributed by atoms with E-state index in [-0.39, 0.29) is 59.8 Å². The molecule has 0 radical (unpaired) electrons. The van der Waals surface area contributed by atoms with Gasteiger partial charge in [0.25, 0.3) is 0 Å². The van der Waals surface area contributed by atoms with Crippen LogP contribution in [0.3, 0.4) is 0 Å². The van der Waals surface area contributed by atoms with Crippen molar-refractivity contribution in [1.29, 1.82) is 0 Å². The number of amides is 2. The van der Waals surface area contributed by atoms with Gasteiger partial charge >= 0.3 is 7.12 Å². The minimum absolute atomic E-state index is 0.0367. The van der Waals surface area contributed by atoms with E-state index < -0.39 is 37.0 Å². The molecule has 3 saturated carbocycles. The number of unbranched alkanes of at least 4 members (excludes halogenated alkanes) is 5. The van der Waals surface area contributed by atoms with E-state index in [4.69, 9.17) is 9.31 Å². The lowest BCUT2D eigenvalue weighted by Crippen LogP contribution is -2.65. The number of ketones is 2. The van der Waals surface area contributed by atoms with Gasteiger partial charge in [-0.1, -0.05) is 122 Å². The number of Topliss-reactive ketones (excluding diaryl/α,β-unsaturated/α-hetero) is 2. The van der Waals surface area contributed by atoms with Gasteiger partial charge in [0.1, 0.15) is 6.04 Å².